The van der Waals surface area contributed by atoms with E-state index in [1.54, 1.807) is 28.6 Å². The van der Waals surface area contributed by atoms with Crippen LogP contribution in [0.4, 0.5) is 0 Å². The quantitative estimate of drug-likeness (QED) is 0.732. The van der Waals surface area contributed by atoms with Crippen LogP contribution >= 0.6 is 0 Å². The second kappa shape index (κ2) is 9.08. The van der Waals surface area contributed by atoms with Gasteiger partial charge in [-0.15, -0.1) is 0 Å². The maximum absolute atomic E-state index is 13.0. The highest BCUT2D eigenvalue weighted by molar-refractivity contribution is 7.89. The van der Waals surface area contributed by atoms with Crippen LogP contribution in [0.1, 0.15) is 49.5 Å². The van der Waals surface area contributed by atoms with Crippen molar-refractivity contribution in [2.45, 2.75) is 43.9 Å². The van der Waals surface area contributed by atoms with Gasteiger partial charge < -0.3 is 15.0 Å². The van der Waals surface area contributed by atoms with E-state index in [-0.39, 0.29) is 10.8 Å². The average Bonchev–Trinajstić information content (AvgIpc) is 3.18. The van der Waals surface area contributed by atoms with Gasteiger partial charge in [0, 0.05) is 43.8 Å². The Hall–Kier alpha value is -1.90. The summed E-state index contributed by atoms with van der Waals surface area (Å²) in [5.74, 6) is 1.01. The Morgan fingerprint density at radius 3 is 2.63 bits per heavy atom. The summed E-state index contributed by atoms with van der Waals surface area (Å²) in [5.41, 5.74) is 1.22. The third kappa shape index (κ3) is 4.71. The third-order valence-electron chi connectivity index (χ3n) is 6.40. The zero-order valence-corrected chi connectivity index (χ0v) is 18.3. The number of ether oxygens (including phenoxy) is 1. The van der Waals surface area contributed by atoms with Gasteiger partial charge in [-0.25, -0.2) is 8.42 Å². The van der Waals surface area contributed by atoms with Crippen LogP contribution in [0.15, 0.2) is 29.2 Å². The molecule has 1 aromatic carbocycles. The van der Waals surface area contributed by atoms with Gasteiger partial charge in [-0.05, 0) is 68.2 Å². The Balaban J connectivity index is 1.42. The van der Waals surface area contributed by atoms with E-state index in [0.29, 0.717) is 37.2 Å². The number of H-pyrrole nitrogens is 1. The van der Waals surface area contributed by atoms with Crippen LogP contribution in [0.2, 0.25) is 0 Å². The first-order valence-electron chi connectivity index (χ1n) is 10.9. The lowest BCUT2D eigenvalue weighted by atomic mass is 9.97. The molecule has 3 heterocycles. The Kier molecular flexibility index (Phi) is 6.46. The number of aromatic amines is 1. The van der Waals surface area contributed by atoms with Crippen molar-refractivity contribution in [2.24, 2.45) is 11.8 Å². The van der Waals surface area contributed by atoms with Crippen LogP contribution in [0.3, 0.4) is 0 Å². The molecular formula is C22H31N3O4S. The highest BCUT2D eigenvalue weighted by Gasteiger charge is 2.28. The number of carbonyl (C=O) groups is 1. The topological polar surface area (TPSA) is 91.5 Å². The summed E-state index contributed by atoms with van der Waals surface area (Å²) in [5, 5.41) is 3.70. The third-order valence-corrected chi connectivity index (χ3v) is 8.29. The number of fused-ring (bicyclic) bond motifs is 1. The van der Waals surface area contributed by atoms with Gasteiger partial charge in [-0.3, -0.25) is 4.79 Å². The van der Waals surface area contributed by atoms with Gasteiger partial charge in [0.2, 0.25) is 10.0 Å². The molecule has 2 aliphatic rings. The van der Waals surface area contributed by atoms with Gasteiger partial charge in [0.25, 0.3) is 5.91 Å². The number of nitrogens with zero attached hydrogens (tertiary/aromatic N) is 1. The first-order chi connectivity index (χ1) is 14.4. The van der Waals surface area contributed by atoms with Crippen LogP contribution < -0.4 is 5.32 Å². The van der Waals surface area contributed by atoms with Crippen molar-refractivity contribution in [3.05, 3.63) is 30.0 Å². The Morgan fingerprint density at radius 1 is 1.17 bits per heavy atom. The maximum atomic E-state index is 13.0. The molecule has 7 nitrogen and oxygen atoms in total. The molecule has 1 amide bonds. The number of benzene rings is 1. The predicted molar refractivity (Wildman–Crippen MR) is 116 cm³/mol. The minimum Gasteiger partial charge on any atom is -0.381 e. The smallest absolute Gasteiger partial charge is 0.267 e. The van der Waals surface area contributed by atoms with Crippen molar-refractivity contribution in [1.82, 2.24) is 14.6 Å². The van der Waals surface area contributed by atoms with Crippen LogP contribution in [0.25, 0.3) is 10.9 Å². The van der Waals surface area contributed by atoms with E-state index in [4.69, 9.17) is 4.74 Å². The van der Waals surface area contributed by atoms with Gasteiger partial charge in [-0.2, -0.15) is 4.31 Å². The lowest BCUT2D eigenvalue weighted by Gasteiger charge is -2.29. The molecule has 0 radical (unpaired) electrons. The van der Waals surface area contributed by atoms with Gasteiger partial charge in [0.15, 0.2) is 0 Å². The summed E-state index contributed by atoms with van der Waals surface area (Å²) >= 11 is 0. The second-order valence-corrected chi connectivity index (χ2v) is 10.6. The molecule has 1 aromatic heterocycles. The predicted octanol–water partition coefficient (Wildman–Crippen LogP) is 3.14. The maximum Gasteiger partial charge on any atom is 0.267 e. The van der Waals surface area contributed by atoms with E-state index >= 15 is 0 Å². The molecule has 164 valence electrons. The fourth-order valence-corrected chi connectivity index (χ4v) is 5.79. The normalized spacial score (nSPS) is 19.9. The SMILES string of the molecule is CC1CCN(S(=O)(=O)c2ccc3[nH]c(C(=O)NCCC4CCOCC4)cc3c2)CC1. The molecule has 2 aromatic rings. The van der Waals surface area contributed by atoms with E-state index in [9.17, 15) is 13.2 Å². The second-order valence-electron chi connectivity index (χ2n) is 8.62. The van der Waals surface area contributed by atoms with E-state index in [1.807, 2.05) is 0 Å². The first-order valence-corrected chi connectivity index (χ1v) is 12.4. The highest BCUT2D eigenvalue weighted by atomic mass is 32.2. The lowest BCUT2D eigenvalue weighted by Crippen LogP contribution is -2.37. The standard InChI is InChI=1S/C22H31N3O4S/c1-16-5-10-25(11-6-16)30(27,28)19-2-3-20-18(14-19)15-21(24-20)22(26)23-9-4-17-7-12-29-13-8-17/h2-3,14-17,24H,4-13H2,1H3,(H,23,26). The number of rotatable bonds is 6. The number of sulfonamides is 1. The molecule has 2 aliphatic heterocycles. The van der Waals surface area contributed by atoms with Crippen molar-refractivity contribution >= 4 is 26.8 Å². The molecular weight excluding hydrogens is 402 g/mol. The van der Waals surface area contributed by atoms with Crippen molar-refractivity contribution in [3.8, 4) is 0 Å². The monoisotopic (exact) mass is 433 g/mol. The number of carbonyl (C=O) groups excluding carboxylic acids is 1. The first kappa shape index (κ1) is 21.3. The molecule has 0 saturated carbocycles. The lowest BCUT2D eigenvalue weighted by molar-refractivity contribution is 0.0636. The van der Waals surface area contributed by atoms with Gasteiger partial charge in [0.1, 0.15) is 5.69 Å². The van der Waals surface area contributed by atoms with Crippen molar-refractivity contribution in [1.29, 1.82) is 0 Å². The molecule has 0 spiro atoms. The van der Waals surface area contributed by atoms with Crippen molar-refractivity contribution < 1.29 is 17.9 Å². The van der Waals surface area contributed by atoms with Crippen molar-refractivity contribution in [3.63, 3.8) is 0 Å². The van der Waals surface area contributed by atoms with Gasteiger partial charge >= 0.3 is 0 Å². The molecule has 2 saturated heterocycles. The molecule has 0 atom stereocenters. The summed E-state index contributed by atoms with van der Waals surface area (Å²) in [6, 6.07) is 6.76. The summed E-state index contributed by atoms with van der Waals surface area (Å²) in [4.78, 5) is 15.9. The minimum absolute atomic E-state index is 0.160. The Morgan fingerprint density at radius 2 is 1.90 bits per heavy atom. The van der Waals surface area contributed by atoms with Crippen LogP contribution in [-0.4, -0.2) is 56.5 Å². The Labute approximate surface area is 178 Å². The largest absolute Gasteiger partial charge is 0.381 e. The molecule has 0 bridgehead atoms. The number of hydrogen-bond donors (Lipinski definition) is 2. The molecule has 0 aliphatic carbocycles. The van der Waals surface area contributed by atoms with E-state index in [0.717, 1.165) is 56.2 Å². The van der Waals surface area contributed by atoms with E-state index < -0.39 is 10.0 Å². The fourth-order valence-electron chi connectivity index (χ4n) is 4.29. The van der Waals surface area contributed by atoms with E-state index in [2.05, 4.69) is 17.2 Å². The molecule has 8 heteroatoms. The molecule has 2 fully saturated rings. The molecule has 2 N–H and O–H groups in total. The fraction of sp³-hybridized carbons (Fsp3) is 0.591. The average molecular weight is 434 g/mol. The summed E-state index contributed by atoms with van der Waals surface area (Å²) < 4.78 is 32.9. The zero-order chi connectivity index (χ0) is 21.1. The summed E-state index contributed by atoms with van der Waals surface area (Å²) in [7, 11) is -3.51. The number of hydrogen-bond acceptors (Lipinski definition) is 4. The van der Waals surface area contributed by atoms with Crippen molar-refractivity contribution in [2.75, 3.05) is 32.8 Å². The minimum atomic E-state index is -3.51. The molecule has 30 heavy (non-hydrogen) atoms. The van der Waals surface area contributed by atoms with E-state index in [1.165, 1.54) is 0 Å². The Bertz CT molecular complexity index is 987. The van der Waals surface area contributed by atoms with Crippen LogP contribution in [-0.2, 0) is 14.8 Å². The van der Waals surface area contributed by atoms with Crippen LogP contribution in [0.5, 0.6) is 0 Å². The number of amides is 1. The number of piperidine rings is 1. The van der Waals surface area contributed by atoms with Crippen LogP contribution in [0, 0.1) is 11.8 Å². The molecule has 4 rings (SSSR count). The highest BCUT2D eigenvalue weighted by Crippen LogP contribution is 2.26. The summed E-state index contributed by atoms with van der Waals surface area (Å²) in [6.07, 6.45) is 4.84. The molecule has 0 unspecified atom stereocenters. The number of nitrogens with one attached hydrogen (secondary N) is 2. The number of aromatic nitrogens is 1. The zero-order valence-electron chi connectivity index (χ0n) is 17.5. The van der Waals surface area contributed by atoms with Gasteiger partial charge in [-0.1, -0.05) is 6.92 Å². The van der Waals surface area contributed by atoms with Gasteiger partial charge in [0.05, 0.1) is 4.90 Å². The summed E-state index contributed by atoms with van der Waals surface area (Å²) in [6.45, 7) is 5.54.